The second-order valence-electron chi connectivity index (χ2n) is 6.78. The van der Waals surface area contributed by atoms with E-state index in [1.165, 1.54) is 30.8 Å². The molecule has 0 spiro atoms. The first kappa shape index (κ1) is 21.0. The third-order valence-corrected chi connectivity index (χ3v) is 6.50. The Labute approximate surface area is 187 Å². The first-order valence-corrected chi connectivity index (χ1v) is 11.3. The number of benzene rings is 2. The van der Waals surface area contributed by atoms with Crippen molar-refractivity contribution in [2.75, 3.05) is 18.2 Å². The number of hydrogen-bond acceptors (Lipinski definition) is 7. The number of hydrogen-bond donors (Lipinski definition) is 1. The van der Waals surface area contributed by atoms with Gasteiger partial charge in [-0.1, -0.05) is 41.6 Å². The molecule has 4 rings (SSSR count). The summed E-state index contributed by atoms with van der Waals surface area (Å²) in [7, 11) is 1.33. The van der Waals surface area contributed by atoms with Crippen molar-refractivity contribution in [3.63, 3.8) is 0 Å². The van der Waals surface area contributed by atoms with Crippen LogP contribution in [0.1, 0.15) is 15.9 Å². The Balaban J connectivity index is 1.49. The van der Waals surface area contributed by atoms with Crippen molar-refractivity contribution in [3.8, 4) is 11.1 Å². The van der Waals surface area contributed by atoms with Gasteiger partial charge in [0.15, 0.2) is 0 Å². The number of nitrogens with zero attached hydrogens (tertiary/aromatic N) is 2. The molecule has 0 bridgehead atoms. The van der Waals surface area contributed by atoms with Crippen LogP contribution in [-0.2, 0) is 9.53 Å². The third-order valence-electron chi connectivity index (χ3n) is 4.63. The molecule has 6 nitrogen and oxygen atoms in total. The molecule has 0 radical (unpaired) electrons. The van der Waals surface area contributed by atoms with E-state index in [-0.39, 0.29) is 11.7 Å². The maximum atomic E-state index is 12.5. The summed E-state index contributed by atoms with van der Waals surface area (Å²) in [5.74, 6) is -0.371. The Bertz CT molecular complexity index is 1240. The number of ether oxygens (including phenoxy) is 1. The zero-order chi connectivity index (χ0) is 21.8. The number of aromatic nitrogens is 2. The van der Waals surface area contributed by atoms with Gasteiger partial charge in [0.1, 0.15) is 16.2 Å². The van der Waals surface area contributed by atoms with Gasteiger partial charge in [0.25, 0.3) is 0 Å². The SMILES string of the molecule is COC(=O)c1ccc(NC(=O)CSc2ncnc3scc(-c4ccc(C)cc4)c23)cc1. The van der Waals surface area contributed by atoms with E-state index in [1.54, 1.807) is 35.6 Å². The predicted molar refractivity (Wildman–Crippen MR) is 125 cm³/mol. The second-order valence-corrected chi connectivity index (χ2v) is 8.60. The Kier molecular flexibility index (Phi) is 6.29. The normalized spacial score (nSPS) is 10.8. The quantitative estimate of drug-likeness (QED) is 0.248. The monoisotopic (exact) mass is 449 g/mol. The number of nitrogens with one attached hydrogen (secondary N) is 1. The van der Waals surface area contributed by atoms with Crippen LogP contribution in [-0.4, -0.2) is 34.7 Å². The van der Waals surface area contributed by atoms with E-state index in [2.05, 4.69) is 56.6 Å². The van der Waals surface area contributed by atoms with Gasteiger partial charge in [-0.15, -0.1) is 11.3 Å². The summed E-state index contributed by atoms with van der Waals surface area (Å²) in [6.45, 7) is 2.06. The number of fused-ring (bicyclic) bond motifs is 1. The van der Waals surface area contributed by atoms with Crippen LogP contribution in [0, 0.1) is 6.92 Å². The molecule has 0 atom stereocenters. The molecule has 156 valence electrons. The first-order valence-electron chi connectivity index (χ1n) is 9.45. The third kappa shape index (κ3) is 4.76. The summed E-state index contributed by atoms with van der Waals surface area (Å²) in [5.41, 5.74) is 4.41. The van der Waals surface area contributed by atoms with Gasteiger partial charge in [-0.25, -0.2) is 14.8 Å². The number of aryl methyl sites for hydroxylation is 1. The summed E-state index contributed by atoms with van der Waals surface area (Å²) < 4.78 is 4.68. The smallest absolute Gasteiger partial charge is 0.337 e. The molecule has 1 N–H and O–H groups in total. The topological polar surface area (TPSA) is 81.2 Å². The number of carbonyl (C=O) groups is 2. The highest BCUT2D eigenvalue weighted by molar-refractivity contribution is 8.00. The van der Waals surface area contributed by atoms with E-state index in [9.17, 15) is 9.59 Å². The molecular weight excluding hydrogens is 430 g/mol. The first-order chi connectivity index (χ1) is 15.0. The molecule has 2 heterocycles. The molecule has 1 amide bonds. The van der Waals surface area contributed by atoms with Gasteiger partial charge in [0.2, 0.25) is 5.91 Å². The summed E-state index contributed by atoms with van der Waals surface area (Å²) >= 11 is 2.94. The van der Waals surface area contributed by atoms with Crippen molar-refractivity contribution in [2.45, 2.75) is 11.9 Å². The number of esters is 1. The molecular formula is C23H19N3O3S2. The summed E-state index contributed by atoms with van der Waals surface area (Å²) in [5, 5.41) is 6.66. The van der Waals surface area contributed by atoms with Crippen molar-refractivity contribution in [1.29, 1.82) is 0 Å². The summed E-state index contributed by atoms with van der Waals surface area (Å²) in [6.07, 6.45) is 1.53. The highest BCUT2D eigenvalue weighted by Gasteiger charge is 2.15. The Hall–Kier alpha value is -3.23. The molecule has 0 unspecified atom stereocenters. The zero-order valence-corrected chi connectivity index (χ0v) is 18.5. The van der Waals surface area contributed by atoms with E-state index in [0.717, 1.165) is 26.4 Å². The standard InChI is InChI=1S/C23H19N3O3S2/c1-14-3-5-15(6-4-14)18-11-30-21-20(18)22(25-13-24-21)31-12-19(27)26-17-9-7-16(8-10-17)23(28)29-2/h3-11,13H,12H2,1-2H3,(H,26,27). The number of carbonyl (C=O) groups excluding carboxylic acids is 2. The van der Waals surface area contributed by atoms with E-state index >= 15 is 0 Å². The lowest BCUT2D eigenvalue weighted by atomic mass is 10.1. The van der Waals surface area contributed by atoms with Crippen molar-refractivity contribution in [3.05, 3.63) is 71.4 Å². The summed E-state index contributed by atoms with van der Waals surface area (Å²) in [6, 6.07) is 14.9. The van der Waals surface area contributed by atoms with E-state index < -0.39 is 5.97 Å². The fraction of sp³-hybridized carbons (Fsp3) is 0.130. The van der Waals surface area contributed by atoms with Crippen molar-refractivity contribution in [2.24, 2.45) is 0 Å². The van der Waals surface area contributed by atoms with Gasteiger partial charge >= 0.3 is 5.97 Å². The van der Waals surface area contributed by atoms with Crippen molar-refractivity contribution >= 4 is 50.9 Å². The molecule has 0 saturated carbocycles. The average molecular weight is 450 g/mol. The minimum Gasteiger partial charge on any atom is -0.465 e. The number of methoxy groups -OCH3 is 1. The van der Waals surface area contributed by atoms with Gasteiger partial charge in [-0.2, -0.15) is 0 Å². The van der Waals surface area contributed by atoms with Gasteiger partial charge in [-0.05, 0) is 36.8 Å². The van der Waals surface area contributed by atoms with Crippen LogP contribution in [0.15, 0.2) is 65.3 Å². The predicted octanol–water partition coefficient (Wildman–Crippen LogP) is 5.18. The lowest BCUT2D eigenvalue weighted by molar-refractivity contribution is -0.113. The molecule has 0 saturated heterocycles. The van der Waals surface area contributed by atoms with Crippen LogP contribution in [0.5, 0.6) is 0 Å². The lowest BCUT2D eigenvalue weighted by Gasteiger charge is -2.07. The van der Waals surface area contributed by atoms with Gasteiger partial charge in [-0.3, -0.25) is 4.79 Å². The Morgan fingerprint density at radius 2 is 1.81 bits per heavy atom. The number of rotatable bonds is 6. The van der Waals surface area contributed by atoms with Crippen LogP contribution in [0.2, 0.25) is 0 Å². The van der Waals surface area contributed by atoms with Gasteiger partial charge < -0.3 is 10.1 Å². The Morgan fingerprint density at radius 3 is 2.52 bits per heavy atom. The fourth-order valence-electron chi connectivity index (χ4n) is 3.04. The van der Waals surface area contributed by atoms with Gasteiger partial charge in [0.05, 0.1) is 23.8 Å². The average Bonchev–Trinajstić information content (AvgIpc) is 3.23. The van der Waals surface area contributed by atoms with Crippen molar-refractivity contribution in [1.82, 2.24) is 9.97 Å². The van der Waals surface area contributed by atoms with Crippen LogP contribution >= 0.6 is 23.1 Å². The maximum absolute atomic E-state index is 12.5. The molecule has 2 aromatic heterocycles. The molecule has 0 aliphatic rings. The number of thiophene rings is 1. The van der Waals surface area contributed by atoms with E-state index in [0.29, 0.717) is 11.3 Å². The van der Waals surface area contributed by atoms with Crippen LogP contribution in [0.3, 0.4) is 0 Å². The van der Waals surface area contributed by atoms with Crippen LogP contribution in [0.4, 0.5) is 5.69 Å². The minimum atomic E-state index is -0.415. The number of anilines is 1. The van der Waals surface area contributed by atoms with Crippen molar-refractivity contribution < 1.29 is 14.3 Å². The zero-order valence-electron chi connectivity index (χ0n) is 16.9. The molecule has 0 fully saturated rings. The van der Waals surface area contributed by atoms with E-state index in [1.807, 2.05) is 0 Å². The number of thioether (sulfide) groups is 1. The molecule has 0 aliphatic heterocycles. The molecule has 2 aromatic carbocycles. The lowest BCUT2D eigenvalue weighted by Crippen LogP contribution is -2.14. The second kappa shape index (κ2) is 9.28. The Morgan fingerprint density at radius 1 is 1.06 bits per heavy atom. The number of amides is 1. The maximum Gasteiger partial charge on any atom is 0.337 e. The summed E-state index contributed by atoms with van der Waals surface area (Å²) in [4.78, 5) is 33.7. The van der Waals surface area contributed by atoms with Crippen LogP contribution < -0.4 is 5.32 Å². The molecule has 8 heteroatoms. The van der Waals surface area contributed by atoms with Gasteiger partial charge in [0, 0.05) is 16.6 Å². The minimum absolute atomic E-state index is 0.158. The molecule has 31 heavy (non-hydrogen) atoms. The van der Waals surface area contributed by atoms with E-state index in [4.69, 9.17) is 0 Å². The molecule has 0 aliphatic carbocycles. The highest BCUT2D eigenvalue weighted by Crippen LogP contribution is 2.37. The van der Waals surface area contributed by atoms with Crippen LogP contribution in [0.25, 0.3) is 21.3 Å². The highest BCUT2D eigenvalue weighted by atomic mass is 32.2. The largest absolute Gasteiger partial charge is 0.465 e. The molecule has 4 aromatic rings. The fourth-order valence-corrected chi connectivity index (χ4v) is 4.83.